The van der Waals surface area contributed by atoms with Gasteiger partial charge in [-0.15, -0.1) is 0 Å². The molecule has 2 saturated heterocycles. The van der Waals surface area contributed by atoms with E-state index in [0.717, 1.165) is 0 Å². The van der Waals surface area contributed by atoms with Gasteiger partial charge in [0.15, 0.2) is 0 Å². The van der Waals surface area contributed by atoms with E-state index in [9.17, 15) is 23.2 Å². The maximum absolute atomic E-state index is 13.7. The average Bonchev–Trinajstić information content (AvgIpc) is 3.06. The maximum Gasteiger partial charge on any atom is 0.410 e. The number of carbonyl (C=O) groups excluding carboxylic acids is 3. The van der Waals surface area contributed by atoms with E-state index in [0.29, 0.717) is 29.4 Å². The molecule has 3 amide bonds. The lowest BCUT2D eigenvalue weighted by molar-refractivity contribution is -0.139. The Hall–Kier alpha value is -4.14. The Morgan fingerprint density at radius 3 is 2.52 bits per heavy atom. The van der Waals surface area contributed by atoms with Crippen LogP contribution in [0, 0.1) is 17.8 Å². The van der Waals surface area contributed by atoms with Gasteiger partial charge in [0.2, 0.25) is 5.88 Å². The summed E-state index contributed by atoms with van der Waals surface area (Å²) in [6, 6.07) is 2.19. The molecule has 0 spiro atoms. The number of primary amides is 1. The molecule has 2 fully saturated rings. The van der Waals surface area contributed by atoms with Gasteiger partial charge in [0.05, 0.1) is 29.2 Å². The van der Waals surface area contributed by atoms with E-state index in [1.807, 2.05) is 0 Å². The molecule has 40 heavy (non-hydrogen) atoms. The van der Waals surface area contributed by atoms with Gasteiger partial charge in [0.1, 0.15) is 18.0 Å². The zero-order valence-electron chi connectivity index (χ0n) is 23.0. The molecule has 10 nitrogen and oxygen atoms in total. The third kappa shape index (κ3) is 6.52. The summed E-state index contributed by atoms with van der Waals surface area (Å²) in [5.41, 5.74) is 5.63. The molecule has 2 aromatic rings. The third-order valence-electron chi connectivity index (χ3n) is 6.11. The van der Waals surface area contributed by atoms with Crippen molar-refractivity contribution in [2.45, 2.75) is 64.7 Å². The number of ether oxygens (including phenoxy) is 3. The fraction of sp³-hybridized carbons (Fsp3) is 0.500. The normalized spacial score (nSPS) is 18.6. The van der Waals surface area contributed by atoms with Crippen LogP contribution >= 0.6 is 0 Å². The molecule has 0 radical (unpaired) electrons. The standard InChI is InChI=1S/C28H32F2N4O6/c1-15(2)39-22-9-20-19(8-21(22)23(31)35)17(7-6-16-12-34(13-16)26(37)40-27(3,4)5)11-32-24(20)38-14-18-10-28(29,30)25(36)33-18/h8-9,11,15-16,18H,10,12-14H2,1-5H3,(H2,31,35)(H,33,36)/t18-/m0/s1. The number of nitrogens with two attached hydrogens (primary N) is 1. The highest BCUT2D eigenvalue weighted by Gasteiger charge is 2.48. The van der Waals surface area contributed by atoms with Gasteiger partial charge in [-0.2, -0.15) is 8.78 Å². The van der Waals surface area contributed by atoms with Gasteiger partial charge in [-0.1, -0.05) is 11.8 Å². The van der Waals surface area contributed by atoms with Crippen LogP contribution in [0.3, 0.4) is 0 Å². The van der Waals surface area contributed by atoms with Crippen molar-refractivity contribution in [3.05, 3.63) is 29.5 Å². The summed E-state index contributed by atoms with van der Waals surface area (Å²) in [6.45, 7) is 9.54. The Morgan fingerprint density at radius 1 is 1.25 bits per heavy atom. The minimum absolute atomic E-state index is 0.0920. The monoisotopic (exact) mass is 558 g/mol. The lowest BCUT2D eigenvalue weighted by atomic mass is 9.99. The van der Waals surface area contributed by atoms with E-state index in [1.165, 1.54) is 12.3 Å². The molecule has 3 heterocycles. The van der Waals surface area contributed by atoms with Crippen molar-refractivity contribution in [1.29, 1.82) is 0 Å². The molecule has 0 unspecified atom stereocenters. The van der Waals surface area contributed by atoms with Crippen LogP contribution in [0.15, 0.2) is 18.3 Å². The number of rotatable bonds is 6. The van der Waals surface area contributed by atoms with Crippen molar-refractivity contribution in [1.82, 2.24) is 15.2 Å². The predicted octanol–water partition coefficient (Wildman–Crippen LogP) is 3.24. The molecule has 3 N–H and O–H groups in total. The zero-order valence-corrected chi connectivity index (χ0v) is 23.0. The molecule has 12 heteroatoms. The van der Waals surface area contributed by atoms with Gasteiger partial charge in [-0.3, -0.25) is 9.59 Å². The number of pyridine rings is 1. The Labute approximate surface area is 230 Å². The number of nitrogens with one attached hydrogen (secondary N) is 1. The summed E-state index contributed by atoms with van der Waals surface area (Å²) in [5.74, 6) is 0.886. The largest absolute Gasteiger partial charge is 0.490 e. The molecule has 1 aromatic carbocycles. The number of fused-ring (bicyclic) bond motifs is 1. The Morgan fingerprint density at radius 2 is 1.95 bits per heavy atom. The van der Waals surface area contributed by atoms with E-state index in [1.54, 1.807) is 45.6 Å². The molecule has 4 rings (SSSR count). The summed E-state index contributed by atoms with van der Waals surface area (Å²) in [5, 5.41) is 3.13. The minimum Gasteiger partial charge on any atom is -0.490 e. The molecule has 0 bridgehead atoms. The van der Waals surface area contributed by atoms with E-state index in [4.69, 9.17) is 19.9 Å². The van der Waals surface area contributed by atoms with E-state index < -0.39 is 41.9 Å². The van der Waals surface area contributed by atoms with Gasteiger partial charge in [-0.05, 0) is 46.8 Å². The van der Waals surface area contributed by atoms with Crippen LogP contribution in [0.2, 0.25) is 0 Å². The van der Waals surface area contributed by atoms with Gasteiger partial charge in [0.25, 0.3) is 11.8 Å². The Kier molecular flexibility index (Phi) is 7.78. The second-order valence-electron chi connectivity index (χ2n) is 11.1. The lowest BCUT2D eigenvalue weighted by Gasteiger charge is -2.37. The number of hydrogen-bond acceptors (Lipinski definition) is 7. The molecule has 2 aliphatic rings. The molecular formula is C28H32F2N4O6. The second-order valence-corrected chi connectivity index (χ2v) is 11.1. The quantitative estimate of drug-likeness (QED) is 0.520. The SMILES string of the molecule is CC(C)Oc1cc2c(OC[C@@H]3CC(F)(F)C(=O)N3)ncc(C#CC3CN(C(=O)OC(C)(C)C)C3)c2cc1C(N)=O. The summed E-state index contributed by atoms with van der Waals surface area (Å²) in [4.78, 5) is 41.8. The topological polar surface area (TPSA) is 133 Å². The molecule has 2 aliphatic heterocycles. The summed E-state index contributed by atoms with van der Waals surface area (Å²) >= 11 is 0. The maximum atomic E-state index is 13.7. The molecule has 1 atom stereocenters. The number of carbonyl (C=O) groups is 3. The summed E-state index contributed by atoms with van der Waals surface area (Å²) in [7, 11) is 0. The Balaban J connectivity index is 1.62. The highest BCUT2D eigenvalue weighted by molar-refractivity contribution is 6.03. The van der Waals surface area contributed by atoms with E-state index in [-0.39, 0.29) is 35.8 Å². The van der Waals surface area contributed by atoms with Crippen molar-refractivity contribution in [3.63, 3.8) is 0 Å². The van der Waals surface area contributed by atoms with Crippen molar-refractivity contribution >= 4 is 28.7 Å². The number of likely N-dealkylation sites (tertiary alicyclic amines) is 1. The van der Waals surface area contributed by atoms with Gasteiger partial charge in [0, 0.05) is 36.5 Å². The molecule has 0 saturated carbocycles. The van der Waals surface area contributed by atoms with Crippen molar-refractivity contribution in [2.24, 2.45) is 11.7 Å². The van der Waals surface area contributed by atoms with Crippen molar-refractivity contribution in [3.8, 4) is 23.5 Å². The van der Waals surface area contributed by atoms with Crippen molar-refractivity contribution in [2.75, 3.05) is 19.7 Å². The highest BCUT2D eigenvalue weighted by atomic mass is 19.3. The van der Waals surface area contributed by atoms with Crippen LogP contribution in [-0.4, -0.2) is 71.2 Å². The van der Waals surface area contributed by atoms with Gasteiger partial charge >= 0.3 is 12.0 Å². The second kappa shape index (κ2) is 10.8. The average molecular weight is 559 g/mol. The minimum atomic E-state index is -3.46. The van der Waals surface area contributed by atoms with Crippen molar-refractivity contribution < 1.29 is 37.4 Å². The predicted molar refractivity (Wildman–Crippen MR) is 141 cm³/mol. The van der Waals surface area contributed by atoms with Crippen LogP contribution in [0.4, 0.5) is 13.6 Å². The third-order valence-corrected chi connectivity index (χ3v) is 6.11. The number of amides is 3. The number of alkyl halides is 2. The van der Waals surface area contributed by atoms with Gasteiger partial charge in [-0.25, -0.2) is 9.78 Å². The van der Waals surface area contributed by atoms with Crippen LogP contribution < -0.4 is 20.5 Å². The highest BCUT2D eigenvalue weighted by Crippen LogP contribution is 2.34. The number of halogens is 2. The van der Waals surface area contributed by atoms with Crippen LogP contribution in [0.25, 0.3) is 10.8 Å². The van der Waals surface area contributed by atoms with E-state index in [2.05, 4.69) is 22.1 Å². The first-order valence-electron chi connectivity index (χ1n) is 12.9. The molecule has 214 valence electrons. The fourth-order valence-corrected chi connectivity index (χ4v) is 4.25. The fourth-order valence-electron chi connectivity index (χ4n) is 4.25. The van der Waals surface area contributed by atoms with E-state index >= 15 is 0 Å². The number of nitrogens with zero attached hydrogens (tertiary/aromatic N) is 2. The Bertz CT molecular complexity index is 1400. The number of hydrogen-bond donors (Lipinski definition) is 2. The summed E-state index contributed by atoms with van der Waals surface area (Å²) in [6.07, 6.45) is 0.0742. The summed E-state index contributed by atoms with van der Waals surface area (Å²) < 4.78 is 44.2. The molecule has 0 aliphatic carbocycles. The lowest BCUT2D eigenvalue weighted by Crippen LogP contribution is -2.51. The number of benzene rings is 1. The van der Waals surface area contributed by atoms with Gasteiger partial charge < -0.3 is 30.2 Å². The van der Waals surface area contributed by atoms with Crippen LogP contribution in [-0.2, 0) is 9.53 Å². The molecule has 1 aromatic heterocycles. The van der Waals surface area contributed by atoms with Crippen LogP contribution in [0.1, 0.15) is 57.0 Å². The number of aromatic nitrogens is 1. The smallest absolute Gasteiger partial charge is 0.410 e. The van der Waals surface area contributed by atoms with Crippen LogP contribution in [0.5, 0.6) is 11.6 Å². The first-order chi connectivity index (χ1) is 18.6. The first kappa shape index (κ1) is 28.9. The zero-order chi connectivity index (χ0) is 29.4. The first-order valence-corrected chi connectivity index (χ1v) is 12.9. The molecular weight excluding hydrogens is 526 g/mol.